The molecule has 5 heteroatoms. The molecule has 0 spiro atoms. The summed E-state index contributed by atoms with van der Waals surface area (Å²) < 4.78 is 31.8. The quantitative estimate of drug-likeness (QED) is 0.444. The predicted molar refractivity (Wildman–Crippen MR) is 134 cm³/mol. The average Bonchev–Trinajstić information content (AvgIpc) is 3.12. The minimum atomic E-state index is -3.75. The maximum Gasteiger partial charge on any atom is 0.297 e. The Morgan fingerprint density at radius 2 is 1.62 bits per heavy atom. The van der Waals surface area contributed by atoms with E-state index in [4.69, 9.17) is 4.18 Å². The fourth-order valence-electron chi connectivity index (χ4n) is 9.28. The fraction of sp³-hybridized carbons (Fsp3) is 0.759. The number of carbonyl (C=O) groups is 1. The van der Waals surface area contributed by atoms with E-state index in [0.29, 0.717) is 23.5 Å². The molecule has 0 unspecified atom stereocenters. The second-order valence-electron chi connectivity index (χ2n) is 12.9. The number of rotatable bonds is 4. The Hall–Kier alpha value is -1.20. The lowest BCUT2D eigenvalue weighted by molar-refractivity contribution is -0.168. The second-order valence-corrected chi connectivity index (χ2v) is 14.5. The third-order valence-corrected chi connectivity index (χ3v) is 12.8. The highest BCUT2D eigenvalue weighted by Gasteiger charge is 2.64. The first-order valence-corrected chi connectivity index (χ1v) is 14.8. The van der Waals surface area contributed by atoms with Gasteiger partial charge in [-0.25, -0.2) is 0 Å². The fourth-order valence-corrected chi connectivity index (χ4v) is 10.4. The van der Waals surface area contributed by atoms with Crippen LogP contribution in [-0.4, -0.2) is 20.3 Å². The molecule has 0 radical (unpaired) electrons. The number of aryl methyl sites for hydroxylation is 1. The van der Waals surface area contributed by atoms with Gasteiger partial charge in [0.1, 0.15) is 5.78 Å². The zero-order valence-electron chi connectivity index (χ0n) is 21.6. The molecule has 4 aliphatic carbocycles. The number of Topliss-reactive ketones (excluding diaryl/α,β-unsaturated/α-hetero) is 1. The van der Waals surface area contributed by atoms with Gasteiger partial charge in [-0.2, -0.15) is 8.42 Å². The molecule has 0 aromatic heterocycles. The van der Waals surface area contributed by atoms with E-state index in [-0.39, 0.29) is 33.2 Å². The second kappa shape index (κ2) is 8.16. The van der Waals surface area contributed by atoms with Crippen molar-refractivity contribution in [2.75, 3.05) is 0 Å². The summed E-state index contributed by atoms with van der Waals surface area (Å²) in [6.45, 7) is 11.1. The molecular weight excluding hydrogens is 444 g/mol. The summed E-state index contributed by atoms with van der Waals surface area (Å²) in [5, 5.41) is 0. The van der Waals surface area contributed by atoms with Crippen LogP contribution in [0.15, 0.2) is 29.2 Å². The van der Waals surface area contributed by atoms with E-state index >= 15 is 0 Å². The van der Waals surface area contributed by atoms with Crippen molar-refractivity contribution in [3.63, 3.8) is 0 Å². The first-order chi connectivity index (χ1) is 15.9. The normalized spacial score (nSPS) is 44.1. The zero-order chi connectivity index (χ0) is 24.5. The number of ketones is 1. The minimum absolute atomic E-state index is 0.0895. The van der Waals surface area contributed by atoms with Crippen molar-refractivity contribution in [2.24, 2.45) is 39.9 Å². The number of benzene rings is 1. The highest BCUT2D eigenvalue weighted by atomic mass is 32.2. The van der Waals surface area contributed by atoms with Crippen LogP contribution >= 0.6 is 0 Å². The topological polar surface area (TPSA) is 60.4 Å². The van der Waals surface area contributed by atoms with E-state index in [1.807, 2.05) is 19.1 Å². The lowest BCUT2D eigenvalue weighted by atomic mass is 9.40. The summed E-state index contributed by atoms with van der Waals surface area (Å²) in [5.74, 6) is 2.68. The molecule has 4 nitrogen and oxygen atoms in total. The summed E-state index contributed by atoms with van der Waals surface area (Å²) in [6.07, 6.45) is 9.38. The molecule has 0 aliphatic heterocycles. The Morgan fingerprint density at radius 1 is 0.912 bits per heavy atom. The molecule has 0 amide bonds. The van der Waals surface area contributed by atoms with Crippen LogP contribution in [0.25, 0.3) is 0 Å². The third kappa shape index (κ3) is 3.63. The smallest absolute Gasteiger partial charge is 0.297 e. The molecule has 8 atom stereocenters. The molecule has 1 aromatic rings. The van der Waals surface area contributed by atoms with Crippen molar-refractivity contribution >= 4 is 15.9 Å². The molecular formula is C29H42O4S. The van der Waals surface area contributed by atoms with E-state index in [1.54, 1.807) is 19.1 Å². The SMILES string of the molecule is CC(=O)[C@@H]1CC[C@@H]2[C@H]3CC[C@@]4(C)C[C@H](OS(=O)(=O)c5ccc(C)cc5)CC[C@]4(C)[C@@H]3CC[C@@]21C. The standard InChI is InChI=1S/C29H42O4S/c1-19-6-8-22(9-7-19)34(31,32)33-21-12-17-29(5)26-14-16-28(4)24(20(2)30)10-11-25(28)23(26)13-15-27(29,3)18-21/h6-9,21,23-26H,10-18H2,1-5H3/t21-,23-,24+,25-,26-,27+,28-,29-/m1/s1. The predicted octanol–water partition coefficient (Wildman–Crippen LogP) is 6.71. The van der Waals surface area contributed by atoms with E-state index in [9.17, 15) is 13.2 Å². The van der Waals surface area contributed by atoms with Crippen molar-refractivity contribution in [3.8, 4) is 0 Å². The van der Waals surface area contributed by atoms with Gasteiger partial charge in [-0.15, -0.1) is 0 Å². The van der Waals surface area contributed by atoms with Crippen LogP contribution in [0.3, 0.4) is 0 Å². The van der Waals surface area contributed by atoms with Gasteiger partial charge < -0.3 is 0 Å². The monoisotopic (exact) mass is 486 g/mol. The van der Waals surface area contributed by atoms with Gasteiger partial charge in [0.2, 0.25) is 0 Å². The number of hydrogen-bond acceptors (Lipinski definition) is 4. The molecule has 188 valence electrons. The summed E-state index contributed by atoms with van der Waals surface area (Å²) in [7, 11) is -3.75. The van der Waals surface area contributed by atoms with Crippen LogP contribution in [0.1, 0.15) is 91.0 Å². The van der Waals surface area contributed by atoms with Crippen LogP contribution in [0.4, 0.5) is 0 Å². The molecule has 0 N–H and O–H groups in total. The molecule has 4 aliphatic rings. The van der Waals surface area contributed by atoms with Gasteiger partial charge >= 0.3 is 0 Å². The molecule has 0 heterocycles. The highest BCUT2D eigenvalue weighted by molar-refractivity contribution is 7.86. The summed E-state index contributed by atoms with van der Waals surface area (Å²) in [6, 6.07) is 6.96. The Bertz CT molecular complexity index is 1060. The van der Waals surface area contributed by atoms with Gasteiger partial charge in [0, 0.05) is 5.92 Å². The maximum atomic E-state index is 13.0. The van der Waals surface area contributed by atoms with E-state index < -0.39 is 10.1 Å². The molecule has 0 saturated heterocycles. The maximum absolute atomic E-state index is 13.0. The van der Waals surface area contributed by atoms with Gasteiger partial charge in [-0.3, -0.25) is 8.98 Å². The summed E-state index contributed by atoms with van der Waals surface area (Å²) in [5.41, 5.74) is 1.52. The first kappa shape index (κ1) is 24.5. The van der Waals surface area contributed by atoms with Crippen LogP contribution in [-0.2, 0) is 19.1 Å². The van der Waals surface area contributed by atoms with E-state index in [1.165, 1.54) is 19.3 Å². The minimum Gasteiger partial charge on any atom is -0.300 e. The lowest BCUT2D eigenvalue weighted by Crippen LogP contribution is -2.58. The van der Waals surface area contributed by atoms with Gasteiger partial charge in [-0.05, 0) is 118 Å². The Balaban J connectivity index is 1.34. The highest BCUT2D eigenvalue weighted by Crippen LogP contribution is 2.70. The largest absolute Gasteiger partial charge is 0.300 e. The number of fused-ring (bicyclic) bond motifs is 5. The van der Waals surface area contributed by atoms with Crippen molar-refractivity contribution in [1.82, 2.24) is 0 Å². The Labute approximate surface area is 206 Å². The zero-order valence-corrected chi connectivity index (χ0v) is 22.4. The molecule has 4 saturated carbocycles. The van der Waals surface area contributed by atoms with E-state index in [2.05, 4.69) is 20.8 Å². The van der Waals surface area contributed by atoms with Crippen LogP contribution in [0, 0.1) is 46.8 Å². The summed E-state index contributed by atoms with van der Waals surface area (Å²) >= 11 is 0. The summed E-state index contributed by atoms with van der Waals surface area (Å²) in [4.78, 5) is 12.7. The number of hydrogen-bond donors (Lipinski definition) is 0. The van der Waals surface area contributed by atoms with E-state index in [0.717, 1.165) is 44.1 Å². The first-order valence-electron chi connectivity index (χ1n) is 13.4. The van der Waals surface area contributed by atoms with Gasteiger partial charge in [0.05, 0.1) is 11.0 Å². The van der Waals surface area contributed by atoms with Crippen LogP contribution < -0.4 is 0 Å². The Kier molecular flexibility index (Phi) is 5.88. The van der Waals surface area contributed by atoms with Crippen molar-refractivity contribution in [3.05, 3.63) is 29.8 Å². The van der Waals surface area contributed by atoms with Gasteiger partial charge in [-0.1, -0.05) is 38.5 Å². The van der Waals surface area contributed by atoms with Gasteiger partial charge in [0.25, 0.3) is 10.1 Å². The van der Waals surface area contributed by atoms with Crippen LogP contribution in [0.5, 0.6) is 0 Å². The molecule has 0 bridgehead atoms. The average molecular weight is 487 g/mol. The number of carbonyl (C=O) groups excluding carboxylic acids is 1. The molecule has 5 rings (SSSR count). The van der Waals surface area contributed by atoms with Crippen LogP contribution in [0.2, 0.25) is 0 Å². The lowest BCUT2D eigenvalue weighted by Gasteiger charge is -2.65. The molecule has 1 aromatic carbocycles. The van der Waals surface area contributed by atoms with Gasteiger partial charge in [0.15, 0.2) is 0 Å². The molecule has 34 heavy (non-hydrogen) atoms. The van der Waals surface area contributed by atoms with Crippen molar-refractivity contribution in [1.29, 1.82) is 0 Å². The Morgan fingerprint density at radius 3 is 2.29 bits per heavy atom. The molecule has 4 fully saturated rings. The van der Waals surface area contributed by atoms with Crippen molar-refractivity contribution < 1.29 is 17.4 Å². The third-order valence-electron chi connectivity index (χ3n) is 11.4. The van der Waals surface area contributed by atoms with Crippen molar-refractivity contribution in [2.45, 2.75) is 103 Å².